The maximum absolute atomic E-state index is 11.0. The third kappa shape index (κ3) is 1.78. The average Bonchev–Trinajstić information content (AvgIpc) is 2.59. The number of hydrogen-bond acceptors (Lipinski definition) is 2. The van der Waals surface area contributed by atoms with Gasteiger partial charge in [0.05, 0.1) is 5.41 Å². The Kier molecular flexibility index (Phi) is 2.75. The second-order valence-electron chi connectivity index (χ2n) is 5.44. The number of carbonyl (C=O) groups is 1. The average molecular weight is 211 g/mol. The van der Waals surface area contributed by atoms with Gasteiger partial charge in [0.25, 0.3) is 0 Å². The summed E-state index contributed by atoms with van der Waals surface area (Å²) in [6.07, 6.45) is 5.17. The summed E-state index contributed by atoms with van der Waals surface area (Å²) in [5, 5.41) is 9.05. The molecule has 0 bridgehead atoms. The maximum atomic E-state index is 11.0. The molecule has 0 spiro atoms. The summed E-state index contributed by atoms with van der Waals surface area (Å²) >= 11 is 0. The second kappa shape index (κ2) is 3.78. The van der Waals surface area contributed by atoms with Gasteiger partial charge in [0.2, 0.25) is 0 Å². The van der Waals surface area contributed by atoms with Crippen LogP contribution >= 0.6 is 0 Å². The Morgan fingerprint density at radius 1 is 1.47 bits per heavy atom. The smallest absolute Gasteiger partial charge is 0.311 e. The van der Waals surface area contributed by atoms with Crippen LogP contribution in [0.2, 0.25) is 0 Å². The first-order valence-corrected chi connectivity index (χ1v) is 6.04. The number of carboxylic acid groups (broad SMARTS) is 1. The fourth-order valence-electron chi connectivity index (χ4n) is 3.19. The van der Waals surface area contributed by atoms with Crippen molar-refractivity contribution in [2.45, 2.75) is 45.6 Å². The molecule has 0 aromatic heterocycles. The lowest BCUT2D eigenvalue weighted by molar-refractivity contribution is -0.161. The monoisotopic (exact) mass is 211 g/mol. The molecule has 2 aliphatic rings. The van der Waals surface area contributed by atoms with Crippen LogP contribution in [0.1, 0.15) is 39.5 Å². The van der Waals surface area contributed by atoms with E-state index >= 15 is 0 Å². The summed E-state index contributed by atoms with van der Waals surface area (Å²) in [6.45, 7) is 5.62. The fraction of sp³-hybridized carbons (Fsp3) is 0.917. The highest BCUT2D eigenvalue weighted by molar-refractivity contribution is 5.76. The molecule has 0 aromatic rings. The minimum atomic E-state index is -0.634. The molecular formula is C12H21NO2. The van der Waals surface area contributed by atoms with Gasteiger partial charge in [-0.15, -0.1) is 0 Å². The summed E-state index contributed by atoms with van der Waals surface area (Å²) in [7, 11) is 0. The highest BCUT2D eigenvalue weighted by Gasteiger charge is 2.49. The maximum Gasteiger partial charge on any atom is 0.311 e. The Morgan fingerprint density at radius 3 is 2.67 bits per heavy atom. The van der Waals surface area contributed by atoms with Crippen LogP contribution in [-0.4, -0.2) is 35.1 Å². The van der Waals surface area contributed by atoms with E-state index in [9.17, 15) is 4.79 Å². The zero-order valence-electron chi connectivity index (χ0n) is 9.70. The number of carboxylic acids is 1. The Morgan fingerprint density at radius 2 is 2.13 bits per heavy atom. The number of rotatable bonds is 3. The molecule has 3 nitrogen and oxygen atoms in total. The molecule has 1 N–H and O–H groups in total. The molecule has 2 atom stereocenters. The number of nitrogens with zero attached hydrogens (tertiary/aromatic N) is 1. The lowest BCUT2D eigenvalue weighted by atomic mass is 9.79. The SMILES string of the molecule is CCC1CCCC1N1CC(C)(C(=O)O)C1. The van der Waals surface area contributed by atoms with E-state index in [-0.39, 0.29) is 0 Å². The van der Waals surface area contributed by atoms with Crippen molar-refractivity contribution in [2.24, 2.45) is 11.3 Å². The van der Waals surface area contributed by atoms with Gasteiger partial charge < -0.3 is 5.11 Å². The molecule has 1 saturated carbocycles. The summed E-state index contributed by atoms with van der Waals surface area (Å²) in [4.78, 5) is 13.4. The van der Waals surface area contributed by atoms with E-state index in [1.54, 1.807) is 0 Å². The summed E-state index contributed by atoms with van der Waals surface area (Å²) in [5.41, 5.74) is -0.471. The molecule has 86 valence electrons. The zero-order valence-corrected chi connectivity index (χ0v) is 9.70. The quantitative estimate of drug-likeness (QED) is 0.776. The van der Waals surface area contributed by atoms with E-state index in [1.807, 2.05) is 6.92 Å². The molecule has 1 heterocycles. The summed E-state index contributed by atoms with van der Waals surface area (Å²) in [5.74, 6) is 0.174. The molecule has 1 aliphatic carbocycles. The zero-order chi connectivity index (χ0) is 11.1. The van der Waals surface area contributed by atoms with Crippen LogP contribution in [0.4, 0.5) is 0 Å². The van der Waals surface area contributed by atoms with Crippen molar-refractivity contribution in [3.8, 4) is 0 Å². The minimum absolute atomic E-state index is 0.471. The molecule has 0 amide bonds. The number of hydrogen-bond donors (Lipinski definition) is 1. The predicted molar refractivity (Wildman–Crippen MR) is 58.7 cm³/mol. The van der Waals surface area contributed by atoms with Gasteiger partial charge in [-0.1, -0.05) is 19.8 Å². The third-order valence-corrected chi connectivity index (χ3v) is 4.23. The van der Waals surface area contributed by atoms with Gasteiger partial charge in [-0.3, -0.25) is 9.69 Å². The highest BCUT2D eigenvalue weighted by Crippen LogP contribution is 2.40. The van der Waals surface area contributed by atoms with Gasteiger partial charge in [0.1, 0.15) is 0 Å². The van der Waals surface area contributed by atoms with Crippen molar-refractivity contribution in [2.75, 3.05) is 13.1 Å². The molecule has 0 radical (unpaired) electrons. The van der Waals surface area contributed by atoms with E-state index in [1.165, 1.54) is 25.7 Å². The largest absolute Gasteiger partial charge is 0.481 e. The Balaban J connectivity index is 1.91. The predicted octanol–water partition coefficient (Wildman–Crippen LogP) is 1.97. The van der Waals surface area contributed by atoms with E-state index < -0.39 is 11.4 Å². The topological polar surface area (TPSA) is 40.5 Å². The van der Waals surface area contributed by atoms with Crippen molar-refractivity contribution >= 4 is 5.97 Å². The molecule has 2 fully saturated rings. The summed E-state index contributed by atoms with van der Waals surface area (Å²) < 4.78 is 0. The third-order valence-electron chi connectivity index (χ3n) is 4.23. The van der Waals surface area contributed by atoms with E-state index in [2.05, 4.69) is 11.8 Å². The van der Waals surface area contributed by atoms with Gasteiger partial charge in [0, 0.05) is 19.1 Å². The fourth-order valence-corrected chi connectivity index (χ4v) is 3.19. The van der Waals surface area contributed by atoms with Crippen molar-refractivity contribution < 1.29 is 9.90 Å². The first kappa shape index (κ1) is 10.9. The van der Waals surface area contributed by atoms with Crippen LogP contribution in [0.3, 0.4) is 0 Å². The van der Waals surface area contributed by atoms with Crippen LogP contribution in [-0.2, 0) is 4.79 Å². The lowest BCUT2D eigenvalue weighted by Gasteiger charge is -2.49. The van der Waals surface area contributed by atoms with Crippen molar-refractivity contribution in [1.82, 2.24) is 4.90 Å². The minimum Gasteiger partial charge on any atom is -0.481 e. The Labute approximate surface area is 91.5 Å². The number of likely N-dealkylation sites (tertiary alicyclic amines) is 1. The second-order valence-corrected chi connectivity index (χ2v) is 5.44. The van der Waals surface area contributed by atoms with Gasteiger partial charge >= 0.3 is 5.97 Å². The normalized spacial score (nSPS) is 35.1. The number of aliphatic carboxylic acids is 1. The molecule has 3 heteroatoms. The summed E-state index contributed by atoms with van der Waals surface area (Å²) in [6, 6.07) is 0.669. The Hall–Kier alpha value is -0.570. The molecule has 2 unspecified atom stereocenters. The van der Waals surface area contributed by atoms with E-state index in [4.69, 9.17) is 5.11 Å². The van der Waals surface area contributed by atoms with E-state index in [0.29, 0.717) is 6.04 Å². The van der Waals surface area contributed by atoms with Crippen LogP contribution in [0, 0.1) is 11.3 Å². The van der Waals surface area contributed by atoms with Gasteiger partial charge in [0.15, 0.2) is 0 Å². The van der Waals surface area contributed by atoms with Crippen molar-refractivity contribution in [1.29, 1.82) is 0 Å². The Bertz CT molecular complexity index is 258. The van der Waals surface area contributed by atoms with Gasteiger partial charge in [-0.2, -0.15) is 0 Å². The van der Waals surface area contributed by atoms with Gasteiger partial charge in [-0.05, 0) is 25.7 Å². The van der Waals surface area contributed by atoms with Crippen LogP contribution in [0.25, 0.3) is 0 Å². The molecule has 15 heavy (non-hydrogen) atoms. The van der Waals surface area contributed by atoms with Crippen molar-refractivity contribution in [3.05, 3.63) is 0 Å². The lowest BCUT2D eigenvalue weighted by Crippen LogP contribution is -2.62. The first-order chi connectivity index (χ1) is 7.07. The molecular weight excluding hydrogens is 190 g/mol. The molecule has 2 rings (SSSR count). The van der Waals surface area contributed by atoms with Crippen LogP contribution in [0.15, 0.2) is 0 Å². The molecule has 1 aliphatic heterocycles. The molecule has 1 saturated heterocycles. The van der Waals surface area contributed by atoms with Crippen molar-refractivity contribution in [3.63, 3.8) is 0 Å². The van der Waals surface area contributed by atoms with E-state index in [0.717, 1.165) is 19.0 Å². The highest BCUT2D eigenvalue weighted by atomic mass is 16.4. The first-order valence-electron chi connectivity index (χ1n) is 6.04. The van der Waals surface area contributed by atoms with Crippen LogP contribution in [0.5, 0.6) is 0 Å². The molecule has 0 aromatic carbocycles. The van der Waals surface area contributed by atoms with Gasteiger partial charge in [-0.25, -0.2) is 0 Å². The standard InChI is InChI=1S/C12H21NO2/c1-3-9-5-4-6-10(9)13-7-12(2,8-13)11(14)15/h9-10H,3-8H2,1-2H3,(H,14,15). The van der Waals surface area contributed by atoms with Crippen LogP contribution < -0.4 is 0 Å².